The van der Waals surface area contributed by atoms with Crippen LogP contribution in [0.3, 0.4) is 0 Å². The van der Waals surface area contributed by atoms with E-state index in [1.54, 1.807) is 0 Å². The number of nitrogens with one attached hydrogen (secondary N) is 2. The highest BCUT2D eigenvalue weighted by Crippen LogP contribution is 2.14. The van der Waals surface area contributed by atoms with E-state index in [9.17, 15) is 9.59 Å². The van der Waals surface area contributed by atoms with E-state index < -0.39 is 0 Å². The standard InChI is InChI=1S/C28H56N2O2/c1-4-7-8-9-10-11-12-13-14-15-16-17-18-19-20-23-27(31)29-24-21-25-30-28(32)26(6-3)22-5-2/h26H,4-25H2,1-3H3,(H,29,31)(H,30,32). The number of carbonyl (C=O) groups is 2. The summed E-state index contributed by atoms with van der Waals surface area (Å²) in [5.41, 5.74) is 0. The van der Waals surface area contributed by atoms with Crippen LogP contribution in [0.1, 0.15) is 149 Å². The highest BCUT2D eigenvalue weighted by molar-refractivity contribution is 5.78. The number of hydrogen-bond acceptors (Lipinski definition) is 2. The van der Waals surface area contributed by atoms with Gasteiger partial charge in [-0.05, 0) is 25.7 Å². The van der Waals surface area contributed by atoms with Gasteiger partial charge in [-0.3, -0.25) is 9.59 Å². The third-order valence-electron chi connectivity index (χ3n) is 6.48. The van der Waals surface area contributed by atoms with Gasteiger partial charge in [0.2, 0.25) is 11.8 Å². The van der Waals surface area contributed by atoms with E-state index in [4.69, 9.17) is 0 Å². The second-order valence-corrected chi connectivity index (χ2v) is 9.59. The highest BCUT2D eigenvalue weighted by atomic mass is 16.2. The van der Waals surface area contributed by atoms with Gasteiger partial charge in [0.25, 0.3) is 0 Å². The molecule has 32 heavy (non-hydrogen) atoms. The first-order valence-corrected chi connectivity index (χ1v) is 14.2. The van der Waals surface area contributed by atoms with Crippen molar-refractivity contribution in [1.82, 2.24) is 10.6 Å². The zero-order chi connectivity index (χ0) is 23.7. The fraction of sp³-hybridized carbons (Fsp3) is 0.929. The van der Waals surface area contributed by atoms with Crippen molar-refractivity contribution in [2.45, 2.75) is 149 Å². The summed E-state index contributed by atoms with van der Waals surface area (Å²) in [5, 5.41) is 5.99. The number of rotatable bonds is 24. The number of amides is 2. The lowest BCUT2D eigenvalue weighted by Gasteiger charge is -2.14. The zero-order valence-electron chi connectivity index (χ0n) is 22.0. The van der Waals surface area contributed by atoms with Gasteiger partial charge in [-0.25, -0.2) is 0 Å². The van der Waals surface area contributed by atoms with Crippen LogP contribution in [0.5, 0.6) is 0 Å². The van der Waals surface area contributed by atoms with Gasteiger partial charge in [0.1, 0.15) is 0 Å². The minimum absolute atomic E-state index is 0.139. The third kappa shape index (κ3) is 20.8. The van der Waals surface area contributed by atoms with Gasteiger partial charge in [-0.1, -0.05) is 117 Å². The van der Waals surface area contributed by atoms with Crippen LogP contribution in [0.25, 0.3) is 0 Å². The van der Waals surface area contributed by atoms with Crippen molar-refractivity contribution >= 4 is 11.8 Å². The predicted octanol–water partition coefficient (Wildman–Crippen LogP) is 7.70. The van der Waals surface area contributed by atoms with E-state index in [1.807, 2.05) is 0 Å². The first-order valence-electron chi connectivity index (χ1n) is 14.2. The Labute approximate surface area is 200 Å². The molecule has 0 heterocycles. The van der Waals surface area contributed by atoms with Crippen molar-refractivity contribution in [3.8, 4) is 0 Å². The maximum absolute atomic E-state index is 12.0. The Morgan fingerprint density at radius 3 is 1.50 bits per heavy atom. The molecule has 0 aliphatic carbocycles. The Bertz CT molecular complexity index is 426. The van der Waals surface area contributed by atoms with Crippen LogP contribution in [0, 0.1) is 5.92 Å². The van der Waals surface area contributed by atoms with Crippen molar-refractivity contribution in [2.24, 2.45) is 5.92 Å². The van der Waals surface area contributed by atoms with Gasteiger partial charge in [-0.2, -0.15) is 0 Å². The van der Waals surface area contributed by atoms with Gasteiger partial charge in [0.15, 0.2) is 0 Å². The first-order chi connectivity index (χ1) is 15.7. The molecule has 0 saturated heterocycles. The molecule has 0 saturated carbocycles. The molecule has 0 aromatic rings. The lowest BCUT2D eigenvalue weighted by Crippen LogP contribution is -2.33. The number of carbonyl (C=O) groups excluding carboxylic acids is 2. The van der Waals surface area contributed by atoms with Crippen LogP contribution in [0.4, 0.5) is 0 Å². The fourth-order valence-electron chi connectivity index (χ4n) is 4.29. The number of hydrogen-bond donors (Lipinski definition) is 2. The largest absolute Gasteiger partial charge is 0.356 e. The first kappa shape index (κ1) is 30.9. The molecule has 0 aliphatic heterocycles. The van der Waals surface area contributed by atoms with E-state index in [0.29, 0.717) is 19.5 Å². The molecule has 0 aromatic carbocycles. The zero-order valence-corrected chi connectivity index (χ0v) is 22.0. The molecule has 0 bridgehead atoms. The van der Waals surface area contributed by atoms with Gasteiger partial charge >= 0.3 is 0 Å². The summed E-state index contributed by atoms with van der Waals surface area (Å²) in [6.07, 6.45) is 24.5. The Balaban J connectivity index is 3.32. The third-order valence-corrected chi connectivity index (χ3v) is 6.48. The molecule has 0 spiro atoms. The lowest BCUT2D eigenvalue weighted by atomic mass is 10.00. The Morgan fingerprint density at radius 2 is 1.03 bits per heavy atom. The maximum Gasteiger partial charge on any atom is 0.223 e. The topological polar surface area (TPSA) is 58.2 Å². The lowest BCUT2D eigenvalue weighted by molar-refractivity contribution is -0.125. The van der Waals surface area contributed by atoms with Crippen LogP contribution >= 0.6 is 0 Å². The van der Waals surface area contributed by atoms with E-state index in [0.717, 1.165) is 38.5 Å². The molecule has 0 aliphatic rings. The Kier molecular flexibility index (Phi) is 23.8. The van der Waals surface area contributed by atoms with Crippen LogP contribution in [-0.2, 0) is 9.59 Å². The normalized spacial score (nSPS) is 12.0. The quantitative estimate of drug-likeness (QED) is 0.147. The van der Waals surface area contributed by atoms with Crippen molar-refractivity contribution in [1.29, 1.82) is 0 Å². The van der Waals surface area contributed by atoms with Gasteiger partial charge in [-0.15, -0.1) is 0 Å². The minimum atomic E-state index is 0.139. The Morgan fingerprint density at radius 1 is 0.562 bits per heavy atom. The average molecular weight is 453 g/mol. The van der Waals surface area contributed by atoms with Gasteiger partial charge < -0.3 is 10.6 Å². The molecule has 1 atom stereocenters. The molecule has 0 aromatic heterocycles. The minimum Gasteiger partial charge on any atom is -0.356 e. The van der Waals surface area contributed by atoms with Crippen molar-refractivity contribution in [3.05, 3.63) is 0 Å². The SMILES string of the molecule is CCCCCCCCCCCCCCCCCC(=O)NCCCNC(=O)C(CC)CCC. The van der Waals surface area contributed by atoms with Crippen LogP contribution < -0.4 is 10.6 Å². The molecule has 0 radical (unpaired) electrons. The van der Waals surface area contributed by atoms with E-state index in [1.165, 1.54) is 83.5 Å². The smallest absolute Gasteiger partial charge is 0.223 e. The molecule has 2 amide bonds. The van der Waals surface area contributed by atoms with Crippen molar-refractivity contribution in [3.63, 3.8) is 0 Å². The van der Waals surface area contributed by atoms with E-state index in [-0.39, 0.29) is 17.7 Å². The number of unbranched alkanes of at least 4 members (excludes halogenated alkanes) is 14. The maximum atomic E-state index is 12.0. The van der Waals surface area contributed by atoms with E-state index >= 15 is 0 Å². The van der Waals surface area contributed by atoms with E-state index in [2.05, 4.69) is 31.4 Å². The molecular weight excluding hydrogens is 396 g/mol. The molecular formula is C28H56N2O2. The fourth-order valence-corrected chi connectivity index (χ4v) is 4.29. The van der Waals surface area contributed by atoms with Crippen molar-refractivity contribution in [2.75, 3.05) is 13.1 Å². The molecule has 0 fully saturated rings. The summed E-state index contributed by atoms with van der Waals surface area (Å²) in [5.74, 6) is 0.460. The molecule has 2 N–H and O–H groups in total. The molecule has 1 unspecified atom stereocenters. The molecule has 4 heteroatoms. The van der Waals surface area contributed by atoms with Crippen LogP contribution in [0.2, 0.25) is 0 Å². The highest BCUT2D eigenvalue weighted by Gasteiger charge is 2.14. The monoisotopic (exact) mass is 452 g/mol. The Hall–Kier alpha value is -1.06. The molecule has 0 rings (SSSR count). The summed E-state index contributed by atoms with van der Waals surface area (Å²) in [6.45, 7) is 7.77. The van der Waals surface area contributed by atoms with Gasteiger partial charge in [0.05, 0.1) is 0 Å². The summed E-state index contributed by atoms with van der Waals surface area (Å²) >= 11 is 0. The second-order valence-electron chi connectivity index (χ2n) is 9.59. The summed E-state index contributed by atoms with van der Waals surface area (Å²) < 4.78 is 0. The summed E-state index contributed by atoms with van der Waals surface area (Å²) in [7, 11) is 0. The van der Waals surface area contributed by atoms with Crippen LogP contribution in [0.15, 0.2) is 0 Å². The summed E-state index contributed by atoms with van der Waals surface area (Å²) in [6, 6.07) is 0. The summed E-state index contributed by atoms with van der Waals surface area (Å²) in [4.78, 5) is 23.9. The predicted molar refractivity (Wildman–Crippen MR) is 139 cm³/mol. The molecule has 190 valence electrons. The molecule has 4 nitrogen and oxygen atoms in total. The van der Waals surface area contributed by atoms with Crippen molar-refractivity contribution < 1.29 is 9.59 Å². The average Bonchev–Trinajstić information content (AvgIpc) is 2.79. The van der Waals surface area contributed by atoms with Gasteiger partial charge in [0, 0.05) is 25.4 Å². The second kappa shape index (κ2) is 24.6. The van der Waals surface area contributed by atoms with Crippen LogP contribution in [-0.4, -0.2) is 24.9 Å².